The number of hydrogen-bond donors (Lipinski definition) is 1. The lowest BCUT2D eigenvalue weighted by Crippen LogP contribution is -1.96. The summed E-state index contributed by atoms with van der Waals surface area (Å²) in [6, 6.07) is 5.34. The lowest BCUT2D eigenvalue weighted by Gasteiger charge is -2.06. The Bertz CT molecular complexity index is 537. The smallest absolute Gasteiger partial charge is 0.182 e. The summed E-state index contributed by atoms with van der Waals surface area (Å²) in [4.78, 5) is 2.97. The van der Waals surface area contributed by atoms with Gasteiger partial charge in [-0.2, -0.15) is 0 Å². The van der Waals surface area contributed by atoms with Gasteiger partial charge in [-0.25, -0.2) is 0 Å². The molecular formula is C10H8Cl2N2S. The molecule has 0 amide bonds. The van der Waals surface area contributed by atoms with Crippen LogP contribution in [0.5, 0.6) is 0 Å². The maximum atomic E-state index is 5.93. The largest absolute Gasteiger partial charge is 0.337 e. The first-order valence-electron chi connectivity index (χ1n) is 4.31. The van der Waals surface area contributed by atoms with E-state index in [4.69, 9.17) is 35.4 Å². The Morgan fingerprint density at radius 2 is 1.80 bits per heavy atom. The molecule has 0 atom stereocenters. The topological polar surface area (TPSA) is 20.7 Å². The van der Waals surface area contributed by atoms with Crippen molar-refractivity contribution in [1.29, 1.82) is 0 Å². The van der Waals surface area contributed by atoms with Crippen LogP contribution in [0.25, 0.3) is 5.69 Å². The Morgan fingerprint density at radius 3 is 2.27 bits per heavy atom. The summed E-state index contributed by atoms with van der Waals surface area (Å²) in [5, 5.41) is 1.19. The van der Waals surface area contributed by atoms with Gasteiger partial charge in [0.25, 0.3) is 0 Å². The van der Waals surface area contributed by atoms with Gasteiger partial charge in [0.1, 0.15) is 0 Å². The Kier molecular flexibility index (Phi) is 2.87. The van der Waals surface area contributed by atoms with E-state index >= 15 is 0 Å². The first-order chi connectivity index (χ1) is 7.08. The summed E-state index contributed by atoms with van der Waals surface area (Å²) < 4.78 is 2.51. The van der Waals surface area contributed by atoms with Gasteiger partial charge in [0.15, 0.2) is 4.77 Å². The maximum absolute atomic E-state index is 5.93. The number of imidazole rings is 1. The third-order valence-electron chi connectivity index (χ3n) is 2.07. The molecule has 0 spiro atoms. The highest BCUT2D eigenvalue weighted by atomic mass is 35.5. The lowest BCUT2D eigenvalue weighted by atomic mass is 10.3. The van der Waals surface area contributed by atoms with Crippen molar-refractivity contribution in [2.24, 2.45) is 0 Å². The molecule has 1 aromatic heterocycles. The zero-order valence-electron chi connectivity index (χ0n) is 7.92. The summed E-state index contributed by atoms with van der Waals surface area (Å²) >= 11 is 17.0. The number of nitrogens with zero attached hydrogens (tertiary/aromatic N) is 1. The van der Waals surface area contributed by atoms with E-state index in [1.807, 2.05) is 29.8 Å². The predicted octanol–water partition coefficient (Wildman–Crippen LogP) is 4.15. The molecule has 0 fully saturated rings. The summed E-state index contributed by atoms with van der Waals surface area (Å²) in [7, 11) is 0. The fourth-order valence-electron chi connectivity index (χ4n) is 1.44. The number of aromatic amines is 1. The van der Waals surface area contributed by atoms with Gasteiger partial charge in [-0.1, -0.05) is 23.2 Å². The number of hydrogen-bond acceptors (Lipinski definition) is 1. The third-order valence-corrected chi connectivity index (χ3v) is 2.80. The van der Waals surface area contributed by atoms with Gasteiger partial charge in [0.2, 0.25) is 0 Å². The molecule has 0 saturated carbocycles. The van der Waals surface area contributed by atoms with Crippen LogP contribution >= 0.6 is 35.4 Å². The van der Waals surface area contributed by atoms with Crippen molar-refractivity contribution >= 4 is 35.4 Å². The van der Waals surface area contributed by atoms with E-state index < -0.39 is 0 Å². The molecule has 5 heteroatoms. The quantitative estimate of drug-likeness (QED) is 0.763. The van der Waals surface area contributed by atoms with Crippen molar-refractivity contribution in [1.82, 2.24) is 9.55 Å². The van der Waals surface area contributed by atoms with Crippen LogP contribution in [0.15, 0.2) is 24.4 Å². The van der Waals surface area contributed by atoms with Crippen LogP contribution < -0.4 is 0 Å². The van der Waals surface area contributed by atoms with Gasteiger partial charge in [-0.3, -0.25) is 4.57 Å². The van der Waals surface area contributed by atoms with E-state index in [0.717, 1.165) is 11.4 Å². The predicted molar refractivity (Wildman–Crippen MR) is 65.7 cm³/mol. The highest BCUT2D eigenvalue weighted by Gasteiger charge is 2.04. The standard InChI is InChI=1S/C10H8Cl2N2S/c1-6-5-13-10(15)14(6)9-3-7(11)2-8(12)4-9/h2-5H,1H3,(H,13,15). The van der Waals surface area contributed by atoms with Crippen LogP contribution in [0.3, 0.4) is 0 Å². The monoisotopic (exact) mass is 258 g/mol. The van der Waals surface area contributed by atoms with Crippen LogP contribution in [-0.4, -0.2) is 9.55 Å². The number of aryl methyl sites for hydroxylation is 1. The Labute approximate surface area is 102 Å². The molecule has 2 nitrogen and oxygen atoms in total. The number of H-pyrrole nitrogens is 1. The summed E-state index contributed by atoms with van der Waals surface area (Å²) in [6.45, 7) is 1.96. The minimum Gasteiger partial charge on any atom is -0.337 e. The zero-order valence-corrected chi connectivity index (χ0v) is 10.2. The van der Waals surface area contributed by atoms with Gasteiger partial charge in [0, 0.05) is 21.9 Å². The minimum absolute atomic E-state index is 0.597. The maximum Gasteiger partial charge on any atom is 0.182 e. The number of rotatable bonds is 1. The first-order valence-corrected chi connectivity index (χ1v) is 5.48. The van der Waals surface area contributed by atoms with Gasteiger partial charge >= 0.3 is 0 Å². The molecular weight excluding hydrogens is 251 g/mol. The number of aromatic nitrogens is 2. The van der Waals surface area contributed by atoms with Gasteiger partial charge < -0.3 is 4.98 Å². The number of benzene rings is 1. The fraction of sp³-hybridized carbons (Fsp3) is 0.100. The summed E-state index contributed by atoms with van der Waals surface area (Å²) in [5.41, 5.74) is 1.88. The van der Waals surface area contributed by atoms with Crippen molar-refractivity contribution < 1.29 is 0 Å². The number of halogens is 2. The normalized spacial score (nSPS) is 10.6. The summed E-state index contributed by atoms with van der Waals surface area (Å²) in [6.07, 6.45) is 1.84. The first kappa shape index (κ1) is 10.7. The third kappa shape index (κ3) is 2.09. The van der Waals surface area contributed by atoms with Gasteiger partial charge in [0.05, 0.1) is 5.69 Å². The van der Waals surface area contributed by atoms with Crippen molar-refractivity contribution in [3.8, 4) is 5.69 Å². The molecule has 2 aromatic rings. The molecule has 0 saturated heterocycles. The van der Waals surface area contributed by atoms with Crippen molar-refractivity contribution in [2.75, 3.05) is 0 Å². The van der Waals surface area contributed by atoms with Crippen LogP contribution in [0, 0.1) is 11.7 Å². The van der Waals surface area contributed by atoms with Crippen LogP contribution in [0.4, 0.5) is 0 Å². The van der Waals surface area contributed by atoms with Gasteiger partial charge in [-0.15, -0.1) is 0 Å². The molecule has 2 rings (SSSR count). The van der Waals surface area contributed by atoms with E-state index in [9.17, 15) is 0 Å². The fourth-order valence-corrected chi connectivity index (χ4v) is 2.27. The lowest BCUT2D eigenvalue weighted by molar-refractivity contribution is 0.985. The van der Waals surface area contributed by atoms with Crippen LogP contribution in [0.1, 0.15) is 5.69 Å². The van der Waals surface area contributed by atoms with E-state index in [-0.39, 0.29) is 0 Å². The minimum atomic E-state index is 0.597. The highest BCUT2D eigenvalue weighted by Crippen LogP contribution is 2.22. The molecule has 0 aliphatic rings. The molecule has 1 aromatic carbocycles. The zero-order chi connectivity index (χ0) is 11.0. The van der Waals surface area contributed by atoms with Crippen molar-refractivity contribution in [3.05, 3.63) is 44.9 Å². The van der Waals surface area contributed by atoms with Crippen molar-refractivity contribution in [2.45, 2.75) is 6.92 Å². The average molecular weight is 259 g/mol. The van der Waals surface area contributed by atoms with E-state index in [2.05, 4.69) is 4.98 Å². The van der Waals surface area contributed by atoms with Crippen LogP contribution in [-0.2, 0) is 0 Å². The molecule has 78 valence electrons. The molecule has 0 bridgehead atoms. The molecule has 1 heterocycles. The molecule has 0 aliphatic carbocycles. The summed E-state index contributed by atoms with van der Waals surface area (Å²) in [5.74, 6) is 0. The molecule has 0 radical (unpaired) electrons. The second kappa shape index (κ2) is 4.00. The van der Waals surface area contributed by atoms with E-state index in [1.165, 1.54) is 0 Å². The molecule has 0 unspecified atom stereocenters. The van der Waals surface area contributed by atoms with Crippen molar-refractivity contribution in [3.63, 3.8) is 0 Å². The Balaban J connectivity index is 2.69. The number of nitrogens with one attached hydrogen (secondary N) is 1. The van der Waals surface area contributed by atoms with E-state index in [0.29, 0.717) is 14.8 Å². The second-order valence-electron chi connectivity index (χ2n) is 3.20. The molecule has 0 aliphatic heterocycles. The Hall–Kier alpha value is -0.770. The molecule has 15 heavy (non-hydrogen) atoms. The second-order valence-corrected chi connectivity index (χ2v) is 4.46. The van der Waals surface area contributed by atoms with Crippen LogP contribution in [0.2, 0.25) is 10.0 Å². The van der Waals surface area contributed by atoms with E-state index in [1.54, 1.807) is 6.07 Å². The highest BCUT2D eigenvalue weighted by molar-refractivity contribution is 7.71. The molecule has 1 N–H and O–H groups in total. The average Bonchev–Trinajstić information content (AvgIpc) is 2.44. The van der Waals surface area contributed by atoms with Gasteiger partial charge in [-0.05, 0) is 37.3 Å². The Morgan fingerprint density at radius 1 is 1.20 bits per heavy atom. The SMILES string of the molecule is Cc1c[nH]c(=S)n1-c1cc(Cl)cc(Cl)c1.